The lowest BCUT2D eigenvalue weighted by atomic mass is 9.88. The van der Waals surface area contributed by atoms with Gasteiger partial charge >= 0.3 is 6.09 Å². The molecule has 0 radical (unpaired) electrons. The number of imidazole rings is 1. The first kappa shape index (κ1) is 16.1. The molecule has 0 aliphatic carbocycles. The summed E-state index contributed by atoms with van der Waals surface area (Å²) in [4.78, 5) is 18.8. The topological polar surface area (TPSA) is 59.4 Å². The van der Waals surface area contributed by atoms with Crippen LogP contribution in [-0.4, -0.2) is 45.8 Å². The predicted octanol–water partition coefficient (Wildman–Crippen LogP) is 3.20. The Morgan fingerprint density at radius 1 is 1.39 bits per heavy atom. The number of nitrogens with one attached hydrogen (secondary N) is 1. The van der Waals surface area contributed by atoms with Crippen LogP contribution < -0.4 is 5.32 Å². The Hall–Kier alpha value is -1.72. The molecule has 3 heterocycles. The minimum absolute atomic E-state index is 0.182. The summed E-state index contributed by atoms with van der Waals surface area (Å²) < 4.78 is 7.81. The van der Waals surface area contributed by atoms with Crippen molar-refractivity contribution in [1.29, 1.82) is 0 Å². The lowest BCUT2D eigenvalue weighted by molar-refractivity contribution is 0.0131. The predicted molar refractivity (Wildman–Crippen MR) is 89.6 cm³/mol. The van der Waals surface area contributed by atoms with Crippen molar-refractivity contribution in [3.05, 3.63) is 11.9 Å². The van der Waals surface area contributed by atoms with Gasteiger partial charge in [-0.05, 0) is 52.9 Å². The summed E-state index contributed by atoms with van der Waals surface area (Å²) in [6.07, 6.45) is 5.21. The van der Waals surface area contributed by atoms with E-state index >= 15 is 0 Å². The third-order valence-electron chi connectivity index (χ3n) is 4.59. The molecule has 2 unspecified atom stereocenters. The number of fused-ring (bicyclic) bond motifs is 1. The van der Waals surface area contributed by atoms with Gasteiger partial charge in [0, 0.05) is 31.9 Å². The second kappa shape index (κ2) is 6.06. The summed E-state index contributed by atoms with van der Waals surface area (Å²) in [6.45, 7) is 10.3. The summed E-state index contributed by atoms with van der Waals surface area (Å²) in [7, 11) is 0. The van der Waals surface area contributed by atoms with Gasteiger partial charge < -0.3 is 19.5 Å². The number of amides is 1. The Morgan fingerprint density at radius 2 is 2.17 bits per heavy atom. The molecule has 1 aromatic rings. The zero-order valence-electron chi connectivity index (χ0n) is 14.6. The number of nitrogens with zero attached hydrogens (tertiary/aromatic N) is 3. The molecule has 2 aliphatic rings. The molecular weight excluding hydrogens is 292 g/mol. The van der Waals surface area contributed by atoms with E-state index in [2.05, 4.69) is 21.1 Å². The highest BCUT2D eigenvalue weighted by Gasteiger charge is 2.34. The number of piperidine rings is 1. The third-order valence-corrected chi connectivity index (χ3v) is 4.59. The number of aryl methyl sites for hydroxylation is 1. The fourth-order valence-electron chi connectivity index (χ4n) is 3.65. The summed E-state index contributed by atoms with van der Waals surface area (Å²) in [5, 5.41) is 3.36. The smallest absolute Gasteiger partial charge is 0.410 e. The summed E-state index contributed by atoms with van der Waals surface area (Å²) in [6, 6.07) is 0.415. The van der Waals surface area contributed by atoms with Gasteiger partial charge in [-0.1, -0.05) is 0 Å². The van der Waals surface area contributed by atoms with Gasteiger partial charge in [-0.2, -0.15) is 0 Å². The van der Waals surface area contributed by atoms with Crippen molar-refractivity contribution in [2.75, 3.05) is 25.0 Å². The van der Waals surface area contributed by atoms with Crippen LogP contribution >= 0.6 is 0 Å². The van der Waals surface area contributed by atoms with Crippen molar-refractivity contribution in [2.24, 2.45) is 5.92 Å². The summed E-state index contributed by atoms with van der Waals surface area (Å²) in [5.41, 5.74) is 0.604. The highest BCUT2D eigenvalue weighted by molar-refractivity contribution is 5.68. The van der Waals surface area contributed by atoms with Gasteiger partial charge in [-0.15, -0.1) is 0 Å². The SMILES string of the molecule is Cc1cn2c(n1)NCCC2C1CCCN(C(=O)OC(C)(C)C)C1. The van der Waals surface area contributed by atoms with Crippen LogP contribution in [0.1, 0.15) is 51.8 Å². The van der Waals surface area contributed by atoms with Crippen LogP contribution in [0.2, 0.25) is 0 Å². The van der Waals surface area contributed by atoms with Crippen molar-refractivity contribution in [3.63, 3.8) is 0 Å². The van der Waals surface area contributed by atoms with Crippen LogP contribution in [0.4, 0.5) is 10.7 Å². The number of ether oxygens (including phenoxy) is 1. The normalized spacial score (nSPS) is 24.8. The monoisotopic (exact) mass is 320 g/mol. The van der Waals surface area contributed by atoms with E-state index in [1.54, 1.807) is 0 Å². The van der Waals surface area contributed by atoms with Gasteiger partial charge in [0.1, 0.15) is 5.60 Å². The Labute approximate surface area is 138 Å². The Kier molecular flexibility index (Phi) is 4.25. The van der Waals surface area contributed by atoms with Gasteiger partial charge in [-0.25, -0.2) is 9.78 Å². The number of hydrogen-bond acceptors (Lipinski definition) is 4. The molecule has 1 N–H and O–H groups in total. The van der Waals surface area contributed by atoms with Crippen molar-refractivity contribution < 1.29 is 9.53 Å². The molecule has 0 aromatic carbocycles. The minimum atomic E-state index is -0.437. The number of aromatic nitrogens is 2. The standard InChI is InChI=1S/C17H28N4O2/c1-12-10-21-14(7-8-18-15(21)19-12)13-6-5-9-20(11-13)16(22)23-17(2,3)4/h10,13-14H,5-9,11H2,1-4H3,(H,18,19). The van der Waals surface area contributed by atoms with E-state index in [-0.39, 0.29) is 6.09 Å². The lowest BCUT2D eigenvalue weighted by Gasteiger charge is -2.39. The molecule has 23 heavy (non-hydrogen) atoms. The largest absolute Gasteiger partial charge is 0.444 e. The number of anilines is 1. The molecule has 0 bridgehead atoms. The molecule has 2 atom stereocenters. The van der Waals surface area contributed by atoms with Crippen LogP contribution in [-0.2, 0) is 4.74 Å². The second-order valence-corrected chi connectivity index (χ2v) is 7.72. The molecule has 1 amide bonds. The maximum atomic E-state index is 12.4. The molecule has 1 aromatic heterocycles. The van der Waals surface area contributed by atoms with Crippen LogP contribution in [0.25, 0.3) is 0 Å². The third kappa shape index (κ3) is 3.62. The molecule has 1 saturated heterocycles. The first-order valence-corrected chi connectivity index (χ1v) is 8.61. The molecule has 0 saturated carbocycles. The number of carbonyl (C=O) groups is 1. The molecular formula is C17H28N4O2. The highest BCUT2D eigenvalue weighted by Crippen LogP contribution is 2.35. The quantitative estimate of drug-likeness (QED) is 0.863. The van der Waals surface area contributed by atoms with Gasteiger partial charge in [0.05, 0.1) is 5.69 Å². The van der Waals surface area contributed by atoms with Crippen LogP contribution in [0.15, 0.2) is 6.20 Å². The summed E-state index contributed by atoms with van der Waals surface area (Å²) in [5.74, 6) is 1.43. The van der Waals surface area contributed by atoms with E-state index in [9.17, 15) is 4.79 Å². The first-order valence-electron chi connectivity index (χ1n) is 8.61. The molecule has 6 nitrogen and oxygen atoms in total. The van der Waals surface area contributed by atoms with Crippen molar-refractivity contribution in [3.8, 4) is 0 Å². The average Bonchev–Trinajstić information content (AvgIpc) is 2.85. The Bertz CT molecular complexity index is 576. The second-order valence-electron chi connectivity index (χ2n) is 7.72. The first-order chi connectivity index (χ1) is 10.8. The van der Waals surface area contributed by atoms with E-state index in [0.29, 0.717) is 12.0 Å². The lowest BCUT2D eigenvalue weighted by Crippen LogP contribution is -2.45. The number of likely N-dealkylation sites (tertiary alicyclic amines) is 1. The van der Waals surface area contributed by atoms with Gasteiger partial charge in [-0.3, -0.25) is 0 Å². The maximum absolute atomic E-state index is 12.4. The zero-order valence-corrected chi connectivity index (χ0v) is 14.6. The van der Waals surface area contributed by atoms with E-state index in [0.717, 1.165) is 50.5 Å². The number of carbonyl (C=O) groups excluding carboxylic acids is 1. The highest BCUT2D eigenvalue weighted by atomic mass is 16.6. The number of rotatable bonds is 1. The van der Waals surface area contributed by atoms with E-state index in [1.807, 2.05) is 32.6 Å². The molecule has 3 rings (SSSR count). The van der Waals surface area contributed by atoms with Crippen LogP contribution in [0.5, 0.6) is 0 Å². The van der Waals surface area contributed by atoms with Crippen LogP contribution in [0.3, 0.4) is 0 Å². The molecule has 6 heteroatoms. The molecule has 1 fully saturated rings. The zero-order chi connectivity index (χ0) is 16.6. The van der Waals surface area contributed by atoms with Gasteiger partial charge in [0.15, 0.2) is 0 Å². The molecule has 0 spiro atoms. The molecule has 2 aliphatic heterocycles. The Morgan fingerprint density at radius 3 is 2.91 bits per heavy atom. The average molecular weight is 320 g/mol. The fourth-order valence-corrected chi connectivity index (χ4v) is 3.65. The maximum Gasteiger partial charge on any atom is 0.410 e. The minimum Gasteiger partial charge on any atom is -0.444 e. The van der Waals surface area contributed by atoms with Gasteiger partial charge in [0.25, 0.3) is 0 Å². The van der Waals surface area contributed by atoms with Crippen molar-refractivity contribution >= 4 is 12.0 Å². The van der Waals surface area contributed by atoms with Crippen molar-refractivity contribution in [1.82, 2.24) is 14.5 Å². The van der Waals surface area contributed by atoms with Crippen LogP contribution in [0, 0.1) is 12.8 Å². The number of hydrogen-bond donors (Lipinski definition) is 1. The van der Waals surface area contributed by atoms with E-state index in [1.165, 1.54) is 0 Å². The fraction of sp³-hybridized carbons (Fsp3) is 0.765. The van der Waals surface area contributed by atoms with E-state index < -0.39 is 5.60 Å². The molecule has 128 valence electrons. The Balaban J connectivity index is 1.71. The van der Waals surface area contributed by atoms with Gasteiger partial charge in [0.2, 0.25) is 5.95 Å². The van der Waals surface area contributed by atoms with E-state index in [4.69, 9.17) is 4.74 Å². The summed E-state index contributed by atoms with van der Waals surface area (Å²) >= 11 is 0. The van der Waals surface area contributed by atoms with Crippen molar-refractivity contribution in [2.45, 2.75) is 58.6 Å².